The van der Waals surface area contributed by atoms with Crippen LogP contribution in [0.25, 0.3) is 0 Å². The van der Waals surface area contributed by atoms with E-state index in [2.05, 4.69) is 12.6 Å². The number of nitriles is 1. The Kier molecular flexibility index (Phi) is 3.81. The van der Waals surface area contributed by atoms with Crippen LogP contribution in [0.3, 0.4) is 0 Å². The van der Waals surface area contributed by atoms with Crippen LogP contribution in [-0.4, -0.2) is 9.98 Å². The van der Waals surface area contributed by atoms with Gasteiger partial charge in [0.15, 0.2) is 5.78 Å². The molecule has 2 nitrogen and oxygen atoms in total. The maximum absolute atomic E-state index is 11.7. The molecule has 0 N–H and O–H groups in total. The van der Waals surface area contributed by atoms with Crippen LogP contribution in [-0.2, 0) is 0 Å². The molecule has 0 radical (unpaired) electrons. The highest BCUT2D eigenvalue weighted by Gasteiger charge is 2.21. The van der Waals surface area contributed by atoms with E-state index in [4.69, 9.17) is 17.5 Å². The van der Waals surface area contributed by atoms with Crippen LogP contribution in [0, 0.1) is 17.2 Å². The fraction of sp³-hybridized carbons (Fsp3) is 0.100. The van der Waals surface area contributed by atoms with E-state index in [-0.39, 0.29) is 9.98 Å². The summed E-state index contributed by atoms with van der Waals surface area (Å²) in [4.78, 5) is 11.7. The minimum atomic E-state index is -0.935. The first-order chi connectivity index (χ1) is 6.66. The van der Waals surface area contributed by atoms with E-state index in [1.54, 1.807) is 30.3 Å². The summed E-state index contributed by atoms with van der Waals surface area (Å²) in [6.45, 7) is 0. The molecule has 1 aromatic carbocycles. The molecule has 1 atom stereocenters. The first kappa shape index (κ1) is 10.9. The number of carbonyl (C=O) groups excluding carboxylic acids is 1. The molecule has 0 aliphatic heterocycles. The Morgan fingerprint density at radius 2 is 2.00 bits per heavy atom. The minimum Gasteiger partial charge on any atom is -0.292 e. The van der Waals surface area contributed by atoms with Crippen LogP contribution in [0.2, 0.25) is 0 Å². The predicted octanol–water partition coefficient (Wildman–Crippen LogP) is 2.27. The zero-order chi connectivity index (χ0) is 10.6. The number of ketones is 1. The molecule has 1 aromatic rings. The number of hydrogen-bond donors (Lipinski definition) is 1. The van der Waals surface area contributed by atoms with Gasteiger partial charge in [-0.15, -0.1) is 12.6 Å². The van der Waals surface area contributed by atoms with Crippen molar-refractivity contribution in [1.82, 2.24) is 0 Å². The number of nitrogens with zero attached hydrogens (tertiary/aromatic N) is 1. The highest BCUT2D eigenvalue weighted by Crippen LogP contribution is 2.12. The second kappa shape index (κ2) is 4.89. The van der Waals surface area contributed by atoms with Gasteiger partial charge in [-0.3, -0.25) is 4.79 Å². The van der Waals surface area contributed by atoms with Gasteiger partial charge in [0.25, 0.3) is 0 Å². The summed E-state index contributed by atoms with van der Waals surface area (Å²) in [6, 6.07) is 10.4. The lowest BCUT2D eigenvalue weighted by Crippen LogP contribution is -2.17. The molecule has 0 bridgehead atoms. The summed E-state index contributed by atoms with van der Waals surface area (Å²) in [5, 5.41) is 8.72. The standard InChI is InChI=1S/C10H7NOS2/c11-6-8(10(13)14)9(12)7-4-2-1-3-5-7/h1-5,8H,(H,13,14). The minimum absolute atomic E-state index is 0.112. The average Bonchev–Trinajstić information content (AvgIpc) is 2.19. The van der Waals surface area contributed by atoms with Crippen LogP contribution >= 0.6 is 24.8 Å². The van der Waals surface area contributed by atoms with Crippen LogP contribution in [0.15, 0.2) is 30.3 Å². The topological polar surface area (TPSA) is 40.9 Å². The zero-order valence-electron chi connectivity index (χ0n) is 7.18. The normalized spacial score (nSPS) is 11.4. The van der Waals surface area contributed by atoms with Crippen molar-refractivity contribution in [2.24, 2.45) is 5.92 Å². The van der Waals surface area contributed by atoms with Crippen molar-refractivity contribution in [3.8, 4) is 6.07 Å². The van der Waals surface area contributed by atoms with Gasteiger partial charge in [-0.25, -0.2) is 0 Å². The summed E-state index contributed by atoms with van der Waals surface area (Å²) < 4.78 is 0.112. The number of rotatable bonds is 3. The van der Waals surface area contributed by atoms with Gasteiger partial charge in [0.2, 0.25) is 0 Å². The second-order valence-electron chi connectivity index (χ2n) is 2.63. The largest absolute Gasteiger partial charge is 0.292 e. The molecule has 1 unspecified atom stereocenters. The fourth-order valence-electron chi connectivity index (χ4n) is 0.995. The molecule has 0 saturated heterocycles. The molecule has 0 spiro atoms. The summed E-state index contributed by atoms with van der Waals surface area (Å²) in [5.74, 6) is -1.23. The summed E-state index contributed by atoms with van der Waals surface area (Å²) in [5.41, 5.74) is 0.482. The summed E-state index contributed by atoms with van der Waals surface area (Å²) in [7, 11) is 0. The smallest absolute Gasteiger partial charge is 0.185 e. The Hall–Kier alpha value is -1.18. The fourth-order valence-corrected chi connectivity index (χ4v) is 1.33. The van der Waals surface area contributed by atoms with E-state index in [9.17, 15) is 4.79 Å². The molecular weight excluding hydrogens is 214 g/mol. The van der Waals surface area contributed by atoms with Gasteiger partial charge in [-0.05, 0) is 0 Å². The van der Waals surface area contributed by atoms with Crippen molar-refractivity contribution in [3.63, 3.8) is 0 Å². The molecule has 70 valence electrons. The first-order valence-electron chi connectivity index (χ1n) is 3.88. The van der Waals surface area contributed by atoms with Crippen molar-refractivity contribution in [2.75, 3.05) is 0 Å². The Morgan fingerprint density at radius 3 is 2.43 bits per heavy atom. The van der Waals surface area contributed by atoms with E-state index in [1.165, 1.54) is 0 Å². The Bertz CT molecular complexity index is 394. The predicted molar refractivity (Wildman–Crippen MR) is 61.5 cm³/mol. The highest BCUT2D eigenvalue weighted by atomic mass is 32.1. The van der Waals surface area contributed by atoms with Crippen molar-refractivity contribution < 1.29 is 4.79 Å². The summed E-state index contributed by atoms with van der Waals surface area (Å²) >= 11 is 8.56. The molecule has 4 heteroatoms. The SMILES string of the molecule is N#CC(C(=O)c1ccccc1)C(=S)S. The molecule has 0 aromatic heterocycles. The number of benzene rings is 1. The molecule has 14 heavy (non-hydrogen) atoms. The molecule has 1 rings (SSSR count). The third kappa shape index (κ3) is 2.41. The van der Waals surface area contributed by atoms with E-state index in [0.717, 1.165) is 0 Å². The molecule has 0 aliphatic rings. The third-order valence-electron chi connectivity index (χ3n) is 1.70. The number of thiocarbonyl (C=S) groups is 1. The van der Waals surface area contributed by atoms with Crippen LogP contribution < -0.4 is 0 Å². The monoisotopic (exact) mass is 221 g/mol. The van der Waals surface area contributed by atoms with Crippen LogP contribution in [0.5, 0.6) is 0 Å². The first-order valence-corrected chi connectivity index (χ1v) is 4.74. The van der Waals surface area contributed by atoms with Gasteiger partial charge in [0.05, 0.1) is 10.3 Å². The number of carbonyl (C=O) groups is 1. The third-order valence-corrected chi connectivity index (χ3v) is 2.19. The summed E-state index contributed by atoms with van der Waals surface area (Å²) in [6.07, 6.45) is 0. The molecular formula is C10H7NOS2. The van der Waals surface area contributed by atoms with Crippen molar-refractivity contribution in [3.05, 3.63) is 35.9 Å². The highest BCUT2D eigenvalue weighted by molar-refractivity contribution is 8.11. The maximum Gasteiger partial charge on any atom is 0.185 e. The lowest BCUT2D eigenvalue weighted by molar-refractivity contribution is 0.0977. The Morgan fingerprint density at radius 1 is 1.43 bits per heavy atom. The zero-order valence-corrected chi connectivity index (χ0v) is 8.89. The van der Waals surface area contributed by atoms with E-state index in [1.807, 2.05) is 6.07 Å². The molecule has 0 saturated carbocycles. The number of hydrogen-bond acceptors (Lipinski definition) is 3. The van der Waals surface area contributed by atoms with Gasteiger partial charge < -0.3 is 0 Å². The van der Waals surface area contributed by atoms with E-state index >= 15 is 0 Å². The van der Waals surface area contributed by atoms with Crippen molar-refractivity contribution in [2.45, 2.75) is 0 Å². The van der Waals surface area contributed by atoms with Gasteiger partial charge in [0.1, 0.15) is 5.92 Å². The molecule has 0 fully saturated rings. The lowest BCUT2D eigenvalue weighted by Gasteiger charge is -2.04. The Balaban J connectivity index is 2.97. The Labute approximate surface area is 93.0 Å². The van der Waals surface area contributed by atoms with Gasteiger partial charge in [0, 0.05) is 5.56 Å². The number of thiol groups is 1. The van der Waals surface area contributed by atoms with Crippen molar-refractivity contribution in [1.29, 1.82) is 5.26 Å². The molecule has 0 heterocycles. The lowest BCUT2D eigenvalue weighted by atomic mass is 10.0. The van der Waals surface area contributed by atoms with Gasteiger partial charge >= 0.3 is 0 Å². The van der Waals surface area contributed by atoms with E-state index in [0.29, 0.717) is 5.56 Å². The average molecular weight is 221 g/mol. The number of Topliss-reactive ketones (excluding diaryl/α,β-unsaturated/α-hetero) is 1. The van der Waals surface area contributed by atoms with Crippen LogP contribution in [0.4, 0.5) is 0 Å². The van der Waals surface area contributed by atoms with Crippen molar-refractivity contribution >= 4 is 34.8 Å². The van der Waals surface area contributed by atoms with E-state index < -0.39 is 5.92 Å². The second-order valence-corrected chi connectivity index (χ2v) is 3.85. The van der Waals surface area contributed by atoms with Gasteiger partial charge in [-0.1, -0.05) is 42.5 Å². The quantitative estimate of drug-likeness (QED) is 0.483. The molecule has 0 amide bonds. The molecule has 0 aliphatic carbocycles. The van der Waals surface area contributed by atoms with Gasteiger partial charge in [-0.2, -0.15) is 5.26 Å². The maximum atomic E-state index is 11.7. The van der Waals surface area contributed by atoms with Crippen LogP contribution in [0.1, 0.15) is 10.4 Å².